The van der Waals surface area contributed by atoms with Crippen LogP contribution in [0.25, 0.3) is 0 Å². The van der Waals surface area contributed by atoms with Crippen LogP contribution in [0.1, 0.15) is 20.3 Å². The number of carbonyl (C=O) groups is 1. The van der Waals surface area contributed by atoms with Crippen LogP contribution in [0, 0.1) is 0 Å². The minimum Gasteiger partial charge on any atom is -0.469 e. The van der Waals surface area contributed by atoms with Gasteiger partial charge in [0.15, 0.2) is 0 Å². The lowest BCUT2D eigenvalue weighted by atomic mass is 10.4. The van der Waals surface area contributed by atoms with E-state index >= 15 is 0 Å². The van der Waals surface area contributed by atoms with Gasteiger partial charge in [-0.25, -0.2) is 0 Å². The lowest BCUT2D eigenvalue weighted by Gasteiger charge is -2.09. The molecule has 0 aliphatic rings. The zero-order valence-corrected chi connectivity index (χ0v) is 9.76. The molecule has 0 aliphatic carbocycles. The third kappa shape index (κ3) is 8.05. The molecule has 3 nitrogen and oxygen atoms in total. The SMILES string of the molecule is COC(=O)CCSC(=S)NC(C)C. The maximum atomic E-state index is 10.7. The van der Waals surface area contributed by atoms with Crippen molar-refractivity contribution in [2.24, 2.45) is 0 Å². The highest BCUT2D eigenvalue weighted by Gasteiger charge is 2.03. The van der Waals surface area contributed by atoms with Crippen molar-refractivity contribution >= 4 is 34.3 Å². The summed E-state index contributed by atoms with van der Waals surface area (Å²) in [7, 11) is 1.39. The van der Waals surface area contributed by atoms with Gasteiger partial charge in [-0.2, -0.15) is 0 Å². The summed E-state index contributed by atoms with van der Waals surface area (Å²) in [6, 6.07) is 0.345. The Morgan fingerprint density at radius 2 is 2.23 bits per heavy atom. The number of thioether (sulfide) groups is 1. The highest BCUT2D eigenvalue weighted by molar-refractivity contribution is 8.22. The number of esters is 1. The van der Waals surface area contributed by atoms with Crippen LogP contribution in [0.4, 0.5) is 0 Å². The van der Waals surface area contributed by atoms with E-state index in [0.717, 1.165) is 4.32 Å². The van der Waals surface area contributed by atoms with Crippen LogP contribution in [0.15, 0.2) is 0 Å². The Kier molecular flexibility index (Phi) is 6.99. The van der Waals surface area contributed by atoms with E-state index in [1.165, 1.54) is 18.9 Å². The smallest absolute Gasteiger partial charge is 0.306 e. The lowest BCUT2D eigenvalue weighted by Crippen LogP contribution is -2.26. The van der Waals surface area contributed by atoms with E-state index in [1.54, 1.807) is 0 Å². The molecule has 0 rings (SSSR count). The molecule has 0 fully saturated rings. The first-order chi connectivity index (χ1) is 6.06. The van der Waals surface area contributed by atoms with E-state index in [9.17, 15) is 4.79 Å². The van der Waals surface area contributed by atoms with Gasteiger partial charge < -0.3 is 10.1 Å². The van der Waals surface area contributed by atoms with Crippen LogP contribution in [-0.2, 0) is 9.53 Å². The quantitative estimate of drug-likeness (QED) is 0.576. The number of thiocarbonyl (C=S) groups is 1. The van der Waals surface area contributed by atoms with Crippen molar-refractivity contribution in [2.75, 3.05) is 12.9 Å². The summed E-state index contributed by atoms with van der Waals surface area (Å²) in [5.41, 5.74) is 0. The van der Waals surface area contributed by atoms with E-state index < -0.39 is 0 Å². The Bertz CT molecular complexity index is 183. The molecular weight excluding hydrogens is 206 g/mol. The topological polar surface area (TPSA) is 38.3 Å². The zero-order chi connectivity index (χ0) is 10.3. The third-order valence-corrected chi connectivity index (χ3v) is 2.43. The molecule has 0 saturated carbocycles. The lowest BCUT2D eigenvalue weighted by molar-refractivity contribution is -0.140. The van der Waals surface area contributed by atoms with Gasteiger partial charge in [-0.05, 0) is 13.8 Å². The summed E-state index contributed by atoms with van der Waals surface area (Å²) in [5, 5.41) is 3.08. The number of ether oxygens (including phenoxy) is 1. The first kappa shape index (κ1) is 12.7. The van der Waals surface area contributed by atoms with Crippen molar-refractivity contribution < 1.29 is 9.53 Å². The maximum Gasteiger partial charge on any atom is 0.306 e. The summed E-state index contributed by atoms with van der Waals surface area (Å²) in [5.74, 6) is 0.477. The molecule has 0 unspecified atom stereocenters. The molecule has 0 bridgehead atoms. The monoisotopic (exact) mass is 221 g/mol. The summed E-state index contributed by atoms with van der Waals surface area (Å²) < 4.78 is 5.23. The highest BCUT2D eigenvalue weighted by atomic mass is 32.2. The minimum absolute atomic E-state index is 0.195. The van der Waals surface area contributed by atoms with Crippen molar-refractivity contribution in [1.29, 1.82) is 0 Å². The Hall–Kier alpha value is -0.290. The van der Waals surface area contributed by atoms with Gasteiger partial charge in [0.2, 0.25) is 0 Å². The molecule has 0 amide bonds. The predicted molar refractivity (Wildman–Crippen MR) is 60.0 cm³/mol. The molecule has 0 heterocycles. The Morgan fingerprint density at radius 1 is 1.62 bits per heavy atom. The molecule has 0 spiro atoms. The molecule has 13 heavy (non-hydrogen) atoms. The molecule has 0 saturated heterocycles. The molecule has 0 aliphatic heterocycles. The number of carbonyl (C=O) groups excluding carboxylic acids is 1. The normalized spacial score (nSPS) is 9.85. The molecule has 76 valence electrons. The summed E-state index contributed by atoms with van der Waals surface area (Å²) in [6.45, 7) is 4.04. The zero-order valence-electron chi connectivity index (χ0n) is 8.12. The van der Waals surface area contributed by atoms with Gasteiger partial charge in [0, 0.05) is 11.8 Å². The summed E-state index contributed by atoms with van der Waals surface area (Å²) in [4.78, 5) is 10.7. The van der Waals surface area contributed by atoms with Gasteiger partial charge in [-0.1, -0.05) is 24.0 Å². The van der Waals surface area contributed by atoms with Crippen molar-refractivity contribution in [3.63, 3.8) is 0 Å². The average molecular weight is 221 g/mol. The number of methoxy groups -OCH3 is 1. The third-order valence-electron chi connectivity index (χ3n) is 1.17. The second kappa shape index (κ2) is 7.15. The molecule has 0 aromatic rings. The molecule has 0 radical (unpaired) electrons. The van der Waals surface area contributed by atoms with Crippen LogP contribution in [-0.4, -0.2) is 29.2 Å². The van der Waals surface area contributed by atoms with Crippen LogP contribution >= 0.6 is 24.0 Å². The van der Waals surface area contributed by atoms with E-state index in [4.69, 9.17) is 12.2 Å². The molecule has 0 atom stereocenters. The van der Waals surface area contributed by atoms with Crippen molar-refractivity contribution in [3.05, 3.63) is 0 Å². The number of rotatable bonds is 4. The molecule has 5 heteroatoms. The van der Waals surface area contributed by atoms with E-state index in [0.29, 0.717) is 18.2 Å². The summed E-state index contributed by atoms with van der Waals surface area (Å²) in [6.07, 6.45) is 0.404. The van der Waals surface area contributed by atoms with Gasteiger partial charge in [0.1, 0.15) is 4.32 Å². The van der Waals surface area contributed by atoms with Crippen LogP contribution in [0.3, 0.4) is 0 Å². The van der Waals surface area contributed by atoms with Crippen molar-refractivity contribution in [3.8, 4) is 0 Å². The van der Waals surface area contributed by atoms with Crippen LogP contribution < -0.4 is 5.32 Å². The average Bonchev–Trinajstić information content (AvgIpc) is 2.02. The molecule has 0 aromatic carbocycles. The fourth-order valence-electron chi connectivity index (χ4n) is 0.606. The predicted octanol–water partition coefficient (Wildman–Crippen LogP) is 1.57. The molecule has 1 N–H and O–H groups in total. The summed E-state index contributed by atoms with van der Waals surface area (Å²) >= 11 is 6.49. The van der Waals surface area contributed by atoms with Crippen LogP contribution in [0.2, 0.25) is 0 Å². The maximum absolute atomic E-state index is 10.7. The standard InChI is InChI=1S/C8H15NO2S2/c1-6(2)9-8(12)13-5-4-7(10)11-3/h6H,4-5H2,1-3H3,(H,9,12). The molecule has 0 aromatic heterocycles. The fraction of sp³-hybridized carbons (Fsp3) is 0.750. The Balaban J connectivity index is 3.42. The van der Waals surface area contributed by atoms with Crippen molar-refractivity contribution in [1.82, 2.24) is 5.32 Å². The van der Waals surface area contributed by atoms with Gasteiger partial charge in [0.05, 0.1) is 13.5 Å². The molecular formula is C8H15NO2S2. The minimum atomic E-state index is -0.195. The first-order valence-electron chi connectivity index (χ1n) is 4.06. The highest BCUT2D eigenvalue weighted by Crippen LogP contribution is 2.05. The van der Waals surface area contributed by atoms with Gasteiger partial charge in [0.25, 0.3) is 0 Å². The van der Waals surface area contributed by atoms with Gasteiger partial charge in [-0.15, -0.1) is 0 Å². The second-order valence-corrected chi connectivity index (χ2v) is 4.53. The fourth-order valence-corrected chi connectivity index (χ4v) is 1.87. The van der Waals surface area contributed by atoms with E-state index in [2.05, 4.69) is 10.1 Å². The largest absolute Gasteiger partial charge is 0.469 e. The van der Waals surface area contributed by atoms with Crippen LogP contribution in [0.5, 0.6) is 0 Å². The first-order valence-corrected chi connectivity index (χ1v) is 5.45. The van der Waals surface area contributed by atoms with Crippen molar-refractivity contribution in [2.45, 2.75) is 26.3 Å². The van der Waals surface area contributed by atoms with E-state index in [-0.39, 0.29) is 5.97 Å². The van der Waals surface area contributed by atoms with Gasteiger partial charge in [-0.3, -0.25) is 4.79 Å². The Morgan fingerprint density at radius 3 is 2.69 bits per heavy atom. The number of nitrogens with one attached hydrogen (secondary N) is 1. The number of hydrogen-bond donors (Lipinski definition) is 1. The van der Waals surface area contributed by atoms with Gasteiger partial charge >= 0.3 is 5.97 Å². The number of hydrogen-bond acceptors (Lipinski definition) is 4. The van der Waals surface area contributed by atoms with E-state index in [1.807, 2.05) is 13.8 Å². The Labute approximate surface area is 88.6 Å². The second-order valence-electron chi connectivity index (χ2n) is 2.76.